The summed E-state index contributed by atoms with van der Waals surface area (Å²) in [5.74, 6) is 1.13. The number of hydrogen-bond acceptors (Lipinski definition) is 5. The summed E-state index contributed by atoms with van der Waals surface area (Å²) in [6.45, 7) is 2.22. The molecular weight excluding hydrogens is 334 g/mol. The molecule has 1 aromatic carbocycles. The molecule has 1 unspecified atom stereocenters. The number of nitrogens with zero attached hydrogens (tertiary/aromatic N) is 1. The molecule has 0 aliphatic carbocycles. The van der Waals surface area contributed by atoms with E-state index in [1.807, 2.05) is 24.3 Å². The molecule has 1 N–H and O–H groups in total. The van der Waals surface area contributed by atoms with Gasteiger partial charge in [0.25, 0.3) is 0 Å². The second-order valence-electron chi connectivity index (χ2n) is 5.32. The van der Waals surface area contributed by atoms with Gasteiger partial charge in [0.2, 0.25) is 0 Å². The summed E-state index contributed by atoms with van der Waals surface area (Å²) in [4.78, 5) is 16.6. The van der Waals surface area contributed by atoms with Crippen LogP contribution in [0.25, 0.3) is 0 Å². The number of hydrogen-bond donors (Lipinski definition) is 1. The maximum atomic E-state index is 12.1. The Labute approximate surface area is 143 Å². The molecule has 0 saturated heterocycles. The number of halogens is 1. The minimum Gasteiger partial charge on any atom is -0.507 e. The van der Waals surface area contributed by atoms with E-state index in [2.05, 4.69) is 4.99 Å². The number of thioether (sulfide) groups is 1. The SMILES string of the molecule is Cc1cc(O)c(C2=NCCSC(c3ccccc3Cl)C2)c(=O)o1. The maximum absolute atomic E-state index is 12.1. The largest absolute Gasteiger partial charge is 0.507 e. The Bertz CT molecular complexity index is 816. The standard InChI is InChI=1S/C17H16ClNO3S/c1-10-8-14(20)16(17(21)22-10)13-9-15(23-7-6-19-13)11-4-2-3-5-12(11)18/h2-5,8,15,20H,6-7,9H2,1H3. The lowest BCUT2D eigenvalue weighted by Crippen LogP contribution is -2.17. The van der Waals surface area contributed by atoms with Crippen molar-refractivity contribution in [2.75, 3.05) is 12.3 Å². The number of aromatic hydroxyl groups is 1. The molecule has 0 radical (unpaired) electrons. The zero-order valence-corrected chi connectivity index (χ0v) is 14.2. The van der Waals surface area contributed by atoms with Gasteiger partial charge in [-0.15, -0.1) is 0 Å². The van der Waals surface area contributed by atoms with Crippen LogP contribution in [0, 0.1) is 6.92 Å². The molecule has 0 bridgehead atoms. The second kappa shape index (κ2) is 6.81. The Morgan fingerprint density at radius 1 is 1.39 bits per heavy atom. The van der Waals surface area contributed by atoms with Crippen LogP contribution in [0.1, 0.15) is 28.6 Å². The fraction of sp³-hybridized carbons (Fsp3) is 0.294. The van der Waals surface area contributed by atoms with Gasteiger partial charge < -0.3 is 9.52 Å². The molecule has 2 heterocycles. The van der Waals surface area contributed by atoms with Crippen LogP contribution in [0.15, 0.2) is 44.5 Å². The van der Waals surface area contributed by atoms with Crippen molar-refractivity contribution in [3.8, 4) is 5.75 Å². The van der Waals surface area contributed by atoms with Crippen molar-refractivity contribution in [2.24, 2.45) is 4.99 Å². The van der Waals surface area contributed by atoms with E-state index < -0.39 is 5.63 Å². The quantitative estimate of drug-likeness (QED) is 0.890. The van der Waals surface area contributed by atoms with E-state index in [-0.39, 0.29) is 16.6 Å². The molecule has 0 fully saturated rings. The van der Waals surface area contributed by atoms with E-state index in [1.54, 1.807) is 18.7 Å². The molecule has 6 heteroatoms. The third kappa shape index (κ3) is 3.46. The van der Waals surface area contributed by atoms with Crippen LogP contribution >= 0.6 is 23.4 Å². The van der Waals surface area contributed by atoms with Crippen molar-refractivity contribution in [3.05, 3.63) is 62.7 Å². The monoisotopic (exact) mass is 349 g/mol. The summed E-state index contributed by atoms with van der Waals surface area (Å²) in [6, 6.07) is 9.13. The first kappa shape index (κ1) is 16.1. The Hall–Kier alpha value is -1.72. The van der Waals surface area contributed by atoms with Crippen LogP contribution in [-0.4, -0.2) is 23.1 Å². The predicted octanol–water partition coefficient (Wildman–Crippen LogP) is 3.97. The molecule has 0 saturated carbocycles. The molecule has 4 nitrogen and oxygen atoms in total. The zero-order valence-electron chi connectivity index (χ0n) is 12.6. The molecule has 1 atom stereocenters. The molecule has 3 rings (SSSR count). The maximum Gasteiger partial charge on any atom is 0.348 e. The third-order valence-electron chi connectivity index (χ3n) is 3.69. The molecule has 1 aromatic heterocycles. The minimum atomic E-state index is -0.550. The van der Waals surface area contributed by atoms with E-state index in [4.69, 9.17) is 16.0 Å². The van der Waals surface area contributed by atoms with Gasteiger partial charge in [-0.25, -0.2) is 4.79 Å². The number of aryl methyl sites for hydroxylation is 1. The van der Waals surface area contributed by atoms with E-state index in [0.717, 1.165) is 11.3 Å². The van der Waals surface area contributed by atoms with Crippen LogP contribution in [0.3, 0.4) is 0 Å². The second-order valence-corrected chi connectivity index (χ2v) is 7.04. The Kier molecular flexibility index (Phi) is 4.78. The lowest BCUT2D eigenvalue weighted by Gasteiger charge is -2.17. The molecule has 1 aliphatic heterocycles. The summed E-state index contributed by atoms with van der Waals surface area (Å²) in [5, 5.41) is 10.9. The molecular formula is C17H16ClNO3S. The van der Waals surface area contributed by atoms with Crippen molar-refractivity contribution in [3.63, 3.8) is 0 Å². The van der Waals surface area contributed by atoms with Gasteiger partial charge in [-0.2, -0.15) is 11.8 Å². The lowest BCUT2D eigenvalue weighted by atomic mass is 10.0. The van der Waals surface area contributed by atoms with Gasteiger partial charge >= 0.3 is 5.63 Å². The van der Waals surface area contributed by atoms with Crippen LogP contribution in [0.5, 0.6) is 5.75 Å². The van der Waals surface area contributed by atoms with Crippen molar-refractivity contribution >= 4 is 29.1 Å². The molecule has 0 spiro atoms. The van der Waals surface area contributed by atoms with Gasteiger partial charge in [-0.05, 0) is 18.6 Å². The van der Waals surface area contributed by atoms with Crippen molar-refractivity contribution in [1.29, 1.82) is 0 Å². The van der Waals surface area contributed by atoms with Gasteiger partial charge in [0.05, 0.1) is 5.71 Å². The molecule has 2 aromatic rings. The smallest absolute Gasteiger partial charge is 0.348 e. The molecule has 120 valence electrons. The molecule has 1 aliphatic rings. The van der Waals surface area contributed by atoms with Crippen LogP contribution in [0.4, 0.5) is 0 Å². The summed E-state index contributed by atoms with van der Waals surface area (Å²) < 4.78 is 5.12. The Morgan fingerprint density at radius 3 is 2.91 bits per heavy atom. The van der Waals surface area contributed by atoms with Gasteiger partial charge in [-0.1, -0.05) is 29.8 Å². The van der Waals surface area contributed by atoms with E-state index in [1.165, 1.54) is 6.07 Å². The van der Waals surface area contributed by atoms with Crippen molar-refractivity contribution < 1.29 is 9.52 Å². The first-order chi connectivity index (χ1) is 11.1. The van der Waals surface area contributed by atoms with Crippen LogP contribution < -0.4 is 5.63 Å². The Morgan fingerprint density at radius 2 is 2.17 bits per heavy atom. The fourth-order valence-corrected chi connectivity index (χ4v) is 4.13. The summed E-state index contributed by atoms with van der Waals surface area (Å²) in [5.41, 5.74) is 1.21. The average Bonchev–Trinajstić information content (AvgIpc) is 2.73. The minimum absolute atomic E-state index is 0.0812. The van der Waals surface area contributed by atoms with Gasteiger partial charge in [0, 0.05) is 35.1 Å². The van der Waals surface area contributed by atoms with E-state index >= 15 is 0 Å². The molecule has 0 amide bonds. The van der Waals surface area contributed by atoms with Gasteiger partial charge in [0.15, 0.2) is 0 Å². The number of rotatable bonds is 2. The van der Waals surface area contributed by atoms with E-state index in [9.17, 15) is 9.90 Å². The highest BCUT2D eigenvalue weighted by atomic mass is 35.5. The van der Waals surface area contributed by atoms with E-state index in [0.29, 0.717) is 29.5 Å². The highest BCUT2D eigenvalue weighted by Crippen LogP contribution is 2.38. The summed E-state index contributed by atoms with van der Waals surface area (Å²) in [6.07, 6.45) is 0.524. The van der Waals surface area contributed by atoms with Crippen LogP contribution in [0.2, 0.25) is 5.02 Å². The average molecular weight is 350 g/mol. The van der Waals surface area contributed by atoms with Crippen LogP contribution in [-0.2, 0) is 0 Å². The highest BCUT2D eigenvalue weighted by molar-refractivity contribution is 7.99. The topological polar surface area (TPSA) is 62.8 Å². The summed E-state index contributed by atoms with van der Waals surface area (Å²) >= 11 is 8.06. The third-order valence-corrected chi connectivity index (χ3v) is 5.27. The van der Waals surface area contributed by atoms with Crippen molar-refractivity contribution in [2.45, 2.75) is 18.6 Å². The number of benzene rings is 1. The predicted molar refractivity (Wildman–Crippen MR) is 94.1 cm³/mol. The van der Waals surface area contributed by atoms with Gasteiger partial charge in [-0.3, -0.25) is 4.99 Å². The van der Waals surface area contributed by atoms with Crippen molar-refractivity contribution in [1.82, 2.24) is 0 Å². The summed E-state index contributed by atoms with van der Waals surface area (Å²) in [7, 11) is 0. The molecule has 23 heavy (non-hydrogen) atoms. The first-order valence-corrected chi connectivity index (χ1v) is 8.72. The Balaban J connectivity index is 1.99. The normalized spacial score (nSPS) is 18.3. The zero-order chi connectivity index (χ0) is 16.4. The lowest BCUT2D eigenvalue weighted by molar-refractivity contribution is 0.432. The number of aliphatic imine (C=N–C) groups is 1. The first-order valence-electron chi connectivity index (χ1n) is 7.29. The highest BCUT2D eigenvalue weighted by Gasteiger charge is 2.24. The fourth-order valence-electron chi connectivity index (χ4n) is 2.65. The van der Waals surface area contributed by atoms with Gasteiger partial charge in [0.1, 0.15) is 17.1 Å².